The summed E-state index contributed by atoms with van der Waals surface area (Å²) in [4.78, 5) is 4.20. The van der Waals surface area contributed by atoms with E-state index in [9.17, 15) is 0 Å². The van der Waals surface area contributed by atoms with Gasteiger partial charge in [0.25, 0.3) is 0 Å². The summed E-state index contributed by atoms with van der Waals surface area (Å²) >= 11 is 0. The molecular weight excluding hydrogens is 212 g/mol. The fourth-order valence-corrected chi connectivity index (χ4v) is 2.82. The minimum Gasteiger partial charge on any atom is -0.366 e. The molecule has 1 aliphatic carbocycles. The minimum atomic E-state index is 0.362. The Morgan fingerprint density at radius 1 is 1.24 bits per heavy atom. The number of hydrogen-bond acceptors (Lipinski definition) is 3. The lowest BCUT2D eigenvalue weighted by molar-refractivity contribution is 0.352. The van der Waals surface area contributed by atoms with Crippen LogP contribution in [0.4, 0.5) is 5.95 Å². The van der Waals surface area contributed by atoms with Gasteiger partial charge >= 0.3 is 0 Å². The number of nitrogens with two attached hydrogens (primary N) is 1. The monoisotopic (exact) mass is 230 g/mol. The molecule has 0 aliphatic heterocycles. The first-order valence-electron chi connectivity index (χ1n) is 6.43. The van der Waals surface area contributed by atoms with E-state index in [1.165, 1.54) is 37.8 Å². The second-order valence-corrected chi connectivity index (χ2v) is 4.97. The Bertz CT molecular complexity index is 511. The van der Waals surface area contributed by atoms with Crippen molar-refractivity contribution in [1.29, 1.82) is 0 Å². The first-order chi connectivity index (χ1) is 8.33. The standard InChI is InChI=1S/C13H18N4/c14-13-15-12-8-4-7-11(17(12)16-13)9-10-5-2-1-3-6-10/h4,7-8,10H,1-3,5-6,9H2,(H2,14,16). The highest BCUT2D eigenvalue weighted by Gasteiger charge is 2.15. The van der Waals surface area contributed by atoms with Gasteiger partial charge in [-0.1, -0.05) is 38.2 Å². The van der Waals surface area contributed by atoms with Crippen LogP contribution in [0, 0.1) is 5.92 Å². The number of anilines is 1. The Labute approximate surface area is 101 Å². The van der Waals surface area contributed by atoms with Crippen molar-refractivity contribution in [1.82, 2.24) is 14.6 Å². The van der Waals surface area contributed by atoms with E-state index >= 15 is 0 Å². The van der Waals surface area contributed by atoms with Gasteiger partial charge in [-0.25, -0.2) is 4.52 Å². The van der Waals surface area contributed by atoms with Crippen molar-refractivity contribution in [3.8, 4) is 0 Å². The molecule has 0 bridgehead atoms. The Balaban J connectivity index is 1.88. The first-order valence-corrected chi connectivity index (χ1v) is 6.43. The van der Waals surface area contributed by atoms with Crippen molar-refractivity contribution < 1.29 is 0 Å². The van der Waals surface area contributed by atoms with Crippen molar-refractivity contribution in [3.05, 3.63) is 23.9 Å². The molecule has 0 aromatic carbocycles. The van der Waals surface area contributed by atoms with E-state index in [0.717, 1.165) is 18.0 Å². The van der Waals surface area contributed by atoms with Crippen molar-refractivity contribution in [2.24, 2.45) is 5.92 Å². The maximum absolute atomic E-state index is 5.65. The van der Waals surface area contributed by atoms with Crippen LogP contribution < -0.4 is 5.73 Å². The second kappa shape index (κ2) is 4.35. The molecule has 1 saturated carbocycles. The van der Waals surface area contributed by atoms with Crippen LogP contribution in [0.5, 0.6) is 0 Å². The topological polar surface area (TPSA) is 56.2 Å². The lowest BCUT2D eigenvalue weighted by atomic mass is 9.86. The summed E-state index contributed by atoms with van der Waals surface area (Å²) in [5.41, 5.74) is 7.74. The van der Waals surface area contributed by atoms with Crippen molar-refractivity contribution >= 4 is 11.6 Å². The summed E-state index contributed by atoms with van der Waals surface area (Å²) in [6.07, 6.45) is 7.94. The van der Waals surface area contributed by atoms with Crippen molar-refractivity contribution in [2.45, 2.75) is 38.5 Å². The van der Waals surface area contributed by atoms with Crippen LogP contribution in [0.3, 0.4) is 0 Å². The molecular formula is C13H18N4. The average Bonchev–Trinajstić information content (AvgIpc) is 2.72. The van der Waals surface area contributed by atoms with E-state index in [4.69, 9.17) is 5.73 Å². The van der Waals surface area contributed by atoms with Crippen LogP contribution in [-0.4, -0.2) is 14.6 Å². The van der Waals surface area contributed by atoms with E-state index in [1.54, 1.807) is 0 Å². The van der Waals surface area contributed by atoms with Gasteiger partial charge in [0, 0.05) is 5.69 Å². The Kier molecular flexibility index (Phi) is 2.71. The zero-order valence-electron chi connectivity index (χ0n) is 9.97. The predicted molar refractivity (Wildman–Crippen MR) is 67.7 cm³/mol. The number of rotatable bonds is 2. The highest BCUT2D eigenvalue weighted by atomic mass is 15.3. The largest absolute Gasteiger partial charge is 0.366 e. The van der Waals surface area contributed by atoms with Gasteiger partial charge in [-0.2, -0.15) is 4.98 Å². The zero-order valence-corrected chi connectivity index (χ0v) is 9.97. The minimum absolute atomic E-state index is 0.362. The fraction of sp³-hybridized carbons (Fsp3) is 0.538. The Hall–Kier alpha value is -1.58. The number of hydrogen-bond donors (Lipinski definition) is 1. The molecule has 1 aliphatic rings. The third-order valence-electron chi connectivity index (χ3n) is 3.68. The second-order valence-electron chi connectivity index (χ2n) is 4.97. The van der Waals surface area contributed by atoms with Gasteiger partial charge in [0.05, 0.1) is 0 Å². The smallest absolute Gasteiger partial charge is 0.240 e. The normalized spacial score (nSPS) is 17.6. The molecule has 90 valence electrons. The molecule has 0 radical (unpaired) electrons. The highest BCUT2D eigenvalue weighted by molar-refractivity contribution is 5.42. The lowest BCUT2D eigenvalue weighted by Gasteiger charge is -2.21. The molecule has 0 atom stereocenters. The molecule has 3 rings (SSSR count). The summed E-state index contributed by atoms with van der Waals surface area (Å²) in [7, 11) is 0. The van der Waals surface area contributed by atoms with Crippen LogP contribution in [0.2, 0.25) is 0 Å². The Morgan fingerprint density at radius 2 is 2.06 bits per heavy atom. The SMILES string of the molecule is Nc1nc2cccc(CC3CCCCC3)n2n1. The van der Waals surface area contributed by atoms with E-state index in [0.29, 0.717) is 5.95 Å². The van der Waals surface area contributed by atoms with Crippen LogP contribution in [0.15, 0.2) is 18.2 Å². The van der Waals surface area contributed by atoms with Gasteiger partial charge < -0.3 is 5.73 Å². The van der Waals surface area contributed by atoms with Gasteiger partial charge in [-0.05, 0) is 24.5 Å². The van der Waals surface area contributed by atoms with Crippen LogP contribution in [-0.2, 0) is 6.42 Å². The van der Waals surface area contributed by atoms with Gasteiger partial charge in [0.15, 0.2) is 5.65 Å². The van der Waals surface area contributed by atoms with Crippen LogP contribution >= 0.6 is 0 Å². The molecule has 2 aromatic rings. The third-order valence-corrected chi connectivity index (χ3v) is 3.68. The number of nitrogen functional groups attached to an aromatic ring is 1. The summed E-state index contributed by atoms with van der Waals surface area (Å²) in [5, 5.41) is 4.26. The van der Waals surface area contributed by atoms with Gasteiger partial charge in [0.1, 0.15) is 0 Å². The number of pyridine rings is 1. The number of aromatic nitrogens is 3. The molecule has 0 unspecified atom stereocenters. The summed E-state index contributed by atoms with van der Waals surface area (Å²) in [6, 6.07) is 6.13. The van der Waals surface area contributed by atoms with Crippen molar-refractivity contribution in [2.75, 3.05) is 5.73 Å². The molecule has 1 fully saturated rings. The molecule has 4 nitrogen and oxygen atoms in total. The van der Waals surface area contributed by atoms with Crippen molar-refractivity contribution in [3.63, 3.8) is 0 Å². The lowest BCUT2D eigenvalue weighted by Crippen LogP contribution is -2.12. The first kappa shape index (κ1) is 10.6. The molecule has 0 spiro atoms. The third kappa shape index (κ3) is 2.12. The van der Waals surface area contributed by atoms with E-state index in [1.807, 2.05) is 16.6 Å². The van der Waals surface area contributed by atoms with E-state index < -0.39 is 0 Å². The fourth-order valence-electron chi connectivity index (χ4n) is 2.82. The molecule has 2 N–H and O–H groups in total. The Morgan fingerprint density at radius 3 is 2.88 bits per heavy atom. The molecule has 0 saturated heterocycles. The quantitative estimate of drug-likeness (QED) is 0.862. The van der Waals surface area contributed by atoms with Gasteiger partial charge in [-0.3, -0.25) is 0 Å². The molecule has 2 heterocycles. The summed E-state index contributed by atoms with van der Waals surface area (Å²) in [6.45, 7) is 0. The molecule has 4 heteroatoms. The zero-order chi connectivity index (χ0) is 11.7. The van der Waals surface area contributed by atoms with Crippen LogP contribution in [0.25, 0.3) is 5.65 Å². The average molecular weight is 230 g/mol. The highest BCUT2D eigenvalue weighted by Crippen LogP contribution is 2.26. The maximum atomic E-state index is 5.65. The van der Waals surface area contributed by atoms with Gasteiger partial charge in [0.2, 0.25) is 5.95 Å². The number of nitrogens with zero attached hydrogens (tertiary/aromatic N) is 3. The molecule has 0 amide bonds. The summed E-state index contributed by atoms with van der Waals surface area (Å²) < 4.78 is 1.89. The van der Waals surface area contributed by atoms with Gasteiger partial charge in [-0.15, -0.1) is 5.10 Å². The van der Waals surface area contributed by atoms with Crippen LogP contribution in [0.1, 0.15) is 37.8 Å². The molecule has 2 aromatic heterocycles. The van der Waals surface area contributed by atoms with E-state index in [2.05, 4.69) is 16.1 Å². The maximum Gasteiger partial charge on any atom is 0.240 e. The molecule has 17 heavy (non-hydrogen) atoms. The summed E-state index contributed by atoms with van der Waals surface area (Å²) in [5.74, 6) is 1.17. The number of fused-ring (bicyclic) bond motifs is 1. The van der Waals surface area contributed by atoms with E-state index in [-0.39, 0.29) is 0 Å². The predicted octanol–water partition coefficient (Wildman–Crippen LogP) is 2.43.